The molecule has 1 aliphatic rings. The second-order valence-electron chi connectivity index (χ2n) is 13.1. The number of nitrogens with zero attached hydrogens (tertiary/aromatic N) is 2. The summed E-state index contributed by atoms with van der Waals surface area (Å²) in [6.07, 6.45) is 0. The van der Waals surface area contributed by atoms with Gasteiger partial charge in [0.05, 0.1) is 5.69 Å². The fraction of sp³-hybridized carbons (Fsp3) is 0.0417. The van der Waals surface area contributed by atoms with Gasteiger partial charge >= 0.3 is 0 Å². The molecule has 8 aromatic rings. The van der Waals surface area contributed by atoms with Crippen molar-refractivity contribution in [3.05, 3.63) is 217 Å². The van der Waals surface area contributed by atoms with Crippen molar-refractivity contribution in [3.63, 3.8) is 0 Å². The minimum Gasteiger partial charge on any atom is -0.310 e. The van der Waals surface area contributed by atoms with Crippen LogP contribution in [0.2, 0.25) is 0 Å². The SMILES string of the molecule is CC1(c2ccc3ccccc3c2)c2ccccc2-c2c(N(c3ccccc3)c3ccccc3)cc(N(c3ccccc3)c3ccccc3)cc21. The average Bonchev–Trinajstić information content (AvgIpc) is 3.45. The van der Waals surface area contributed by atoms with Gasteiger partial charge in [0.2, 0.25) is 0 Å². The molecule has 0 spiro atoms. The van der Waals surface area contributed by atoms with Gasteiger partial charge in [0, 0.05) is 39.4 Å². The molecule has 1 unspecified atom stereocenters. The number of hydrogen-bond acceptors (Lipinski definition) is 2. The van der Waals surface area contributed by atoms with E-state index in [-0.39, 0.29) is 0 Å². The van der Waals surface area contributed by atoms with Crippen LogP contribution in [0.3, 0.4) is 0 Å². The Balaban J connectivity index is 1.41. The van der Waals surface area contributed by atoms with Crippen LogP contribution in [0.1, 0.15) is 23.6 Å². The van der Waals surface area contributed by atoms with E-state index in [9.17, 15) is 0 Å². The highest BCUT2D eigenvalue weighted by molar-refractivity contribution is 5.99. The van der Waals surface area contributed by atoms with Crippen molar-refractivity contribution < 1.29 is 0 Å². The highest BCUT2D eigenvalue weighted by Gasteiger charge is 2.43. The second kappa shape index (κ2) is 12.3. The van der Waals surface area contributed by atoms with Crippen molar-refractivity contribution in [3.8, 4) is 11.1 Å². The van der Waals surface area contributed by atoms with E-state index in [1.165, 1.54) is 38.6 Å². The Kier molecular flexibility index (Phi) is 7.29. The third-order valence-electron chi connectivity index (χ3n) is 10.3. The molecule has 0 heterocycles. The molecule has 50 heavy (non-hydrogen) atoms. The molecule has 0 saturated carbocycles. The van der Waals surface area contributed by atoms with Crippen molar-refractivity contribution in [2.45, 2.75) is 12.3 Å². The Bertz CT molecular complexity index is 2360. The first-order valence-electron chi connectivity index (χ1n) is 17.3. The number of fused-ring (bicyclic) bond motifs is 4. The third kappa shape index (κ3) is 4.88. The Hall–Kier alpha value is -6.38. The first-order valence-corrected chi connectivity index (χ1v) is 17.3. The summed E-state index contributed by atoms with van der Waals surface area (Å²) in [5.41, 5.74) is 12.7. The lowest BCUT2D eigenvalue weighted by Crippen LogP contribution is -2.23. The van der Waals surface area contributed by atoms with Crippen LogP contribution < -0.4 is 9.80 Å². The van der Waals surface area contributed by atoms with Gasteiger partial charge in [-0.15, -0.1) is 0 Å². The number of hydrogen-bond donors (Lipinski definition) is 0. The van der Waals surface area contributed by atoms with E-state index >= 15 is 0 Å². The molecule has 0 bridgehead atoms. The van der Waals surface area contributed by atoms with Crippen LogP contribution in [0.5, 0.6) is 0 Å². The second-order valence-corrected chi connectivity index (χ2v) is 13.1. The highest BCUT2D eigenvalue weighted by atomic mass is 15.2. The zero-order valence-electron chi connectivity index (χ0n) is 27.9. The molecular formula is C48H36N2. The summed E-state index contributed by atoms with van der Waals surface area (Å²) in [6.45, 7) is 2.42. The van der Waals surface area contributed by atoms with Gasteiger partial charge in [0.25, 0.3) is 0 Å². The number of anilines is 6. The maximum atomic E-state index is 2.45. The van der Waals surface area contributed by atoms with Crippen molar-refractivity contribution in [1.82, 2.24) is 0 Å². The lowest BCUT2D eigenvalue weighted by atomic mass is 9.73. The molecule has 8 aromatic carbocycles. The van der Waals surface area contributed by atoms with Crippen molar-refractivity contribution in [2.24, 2.45) is 0 Å². The van der Waals surface area contributed by atoms with Crippen LogP contribution in [0.25, 0.3) is 21.9 Å². The predicted molar refractivity (Wildman–Crippen MR) is 211 cm³/mol. The van der Waals surface area contributed by atoms with Gasteiger partial charge in [-0.25, -0.2) is 0 Å². The van der Waals surface area contributed by atoms with Gasteiger partial charge in [-0.1, -0.05) is 133 Å². The largest absolute Gasteiger partial charge is 0.310 e. The van der Waals surface area contributed by atoms with E-state index in [1.807, 2.05) is 0 Å². The Labute approximate surface area is 294 Å². The minimum absolute atomic E-state index is 0.418. The molecule has 2 nitrogen and oxygen atoms in total. The number of benzene rings is 8. The molecule has 0 aromatic heterocycles. The monoisotopic (exact) mass is 640 g/mol. The maximum absolute atomic E-state index is 2.45. The number of para-hydroxylation sites is 4. The summed E-state index contributed by atoms with van der Waals surface area (Å²) in [7, 11) is 0. The van der Waals surface area contributed by atoms with Crippen LogP contribution in [0.4, 0.5) is 34.1 Å². The van der Waals surface area contributed by atoms with Crippen LogP contribution >= 0.6 is 0 Å². The van der Waals surface area contributed by atoms with E-state index in [0.29, 0.717) is 0 Å². The lowest BCUT2D eigenvalue weighted by molar-refractivity contribution is 0.715. The molecular weight excluding hydrogens is 605 g/mol. The molecule has 0 saturated heterocycles. The average molecular weight is 641 g/mol. The predicted octanol–water partition coefficient (Wildman–Crippen LogP) is 13.1. The molecule has 9 rings (SSSR count). The van der Waals surface area contributed by atoms with Gasteiger partial charge in [-0.3, -0.25) is 0 Å². The summed E-state index contributed by atoms with van der Waals surface area (Å²) in [4.78, 5) is 4.82. The fourth-order valence-corrected chi connectivity index (χ4v) is 7.87. The van der Waals surface area contributed by atoms with Crippen molar-refractivity contribution in [1.29, 1.82) is 0 Å². The van der Waals surface area contributed by atoms with Crippen LogP contribution in [-0.2, 0) is 5.41 Å². The van der Waals surface area contributed by atoms with Crippen LogP contribution in [-0.4, -0.2) is 0 Å². The Morgan fingerprint density at radius 2 is 0.840 bits per heavy atom. The summed E-state index contributed by atoms with van der Waals surface area (Å²) in [5, 5.41) is 2.50. The van der Waals surface area contributed by atoms with Crippen molar-refractivity contribution in [2.75, 3.05) is 9.80 Å². The Morgan fingerprint density at radius 3 is 1.42 bits per heavy atom. The van der Waals surface area contributed by atoms with E-state index in [2.05, 4.69) is 217 Å². The molecule has 1 aliphatic carbocycles. The molecule has 0 radical (unpaired) electrons. The minimum atomic E-state index is -0.418. The van der Waals surface area contributed by atoms with Gasteiger partial charge in [-0.05, 0) is 107 Å². The molecule has 1 atom stereocenters. The Morgan fingerprint density at radius 1 is 0.360 bits per heavy atom. The quantitative estimate of drug-likeness (QED) is 0.171. The molecule has 0 aliphatic heterocycles. The summed E-state index contributed by atoms with van der Waals surface area (Å²) >= 11 is 0. The van der Waals surface area contributed by atoms with Gasteiger partial charge < -0.3 is 9.80 Å². The lowest BCUT2D eigenvalue weighted by Gasteiger charge is -2.34. The van der Waals surface area contributed by atoms with E-state index < -0.39 is 5.41 Å². The zero-order chi connectivity index (χ0) is 33.5. The first kappa shape index (κ1) is 29.7. The third-order valence-corrected chi connectivity index (χ3v) is 10.3. The van der Waals surface area contributed by atoms with Crippen molar-refractivity contribution >= 4 is 44.9 Å². The smallest absolute Gasteiger partial charge is 0.0564 e. The van der Waals surface area contributed by atoms with Gasteiger partial charge in [0.15, 0.2) is 0 Å². The zero-order valence-corrected chi connectivity index (χ0v) is 27.9. The molecule has 0 fully saturated rings. The summed E-state index contributed by atoms with van der Waals surface area (Å²) in [5.74, 6) is 0. The van der Waals surface area contributed by atoms with E-state index in [0.717, 1.165) is 34.1 Å². The van der Waals surface area contributed by atoms with Gasteiger partial charge in [0.1, 0.15) is 0 Å². The fourth-order valence-electron chi connectivity index (χ4n) is 7.87. The molecule has 2 heteroatoms. The summed E-state index contributed by atoms with van der Waals surface area (Å²) < 4.78 is 0. The molecule has 0 N–H and O–H groups in total. The van der Waals surface area contributed by atoms with Crippen LogP contribution in [0.15, 0.2) is 200 Å². The number of rotatable bonds is 7. The van der Waals surface area contributed by atoms with Gasteiger partial charge in [-0.2, -0.15) is 0 Å². The van der Waals surface area contributed by atoms with Crippen LogP contribution in [0, 0.1) is 0 Å². The normalized spacial score (nSPS) is 14.6. The standard InChI is InChI=1S/C48H36N2/c1-48(37-31-30-35-18-14-15-19-36(35)32-37)44-29-17-16-28-43(44)47-45(48)33-42(49(38-20-6-2-7-21-38)39-22-8-3-9-23-39)34-46(47)50(40-24-10-4-11-25-40)41-26-12-5-13-27-41/h2-34H,1H3. The topological polar surface area (TPSA) is 6.48 Å². The molecule has 0 amide bonds. The first-order chi connectivity index (χ1) is 24.7. The van der Waals surface area contributed by atoms with E-state index in [1.54, 1.807) is 0 Å². The molecule has 238 valence electrons. The van der Waals surface area contributed by atoms with E-state index in [4.69, 9.17) is 0 Å². The summed E-state index contributed by atoms with van der Waals surface area (Å²) in [6, 6.07) is 72.5. The maximum Gasteiger partial charge on any atom is 0.0564 e. The highest BCUT2D eigenvalue weighted by Crippen LogP contribution is 2.58.